The number of esters is 1. The molecule has 4 aliphatic rings. The Hall–Kier alpha value is -1.90. The molecule has 4 N–H and O–H groups in total. The van der Waals surface area contributed by atoms with Crippen LogP contribution in [0.5, 0.6) is 0 Å². The molecule has 19 atom stereocenters. The number of likely N-dealkylation sites (N-methyl/N-ethyl adjacent to an activating group) is 2. The van der Waals surface area contributed by atoms with Crippen LogP contribution in [0.3, 0.4) is 0 Å². The summed E-state index contributed by atoms with van der Waals surface area (Å²) in [6, 6.07) is -0.466. The van der Waals surface area contributed by atoms with Gasteiger partial charge in [0, 0.05) is 32.4 Å². The first-order valence-electron chi connectivity index (χ1n) is 21.3. The summed E-state index contributed by atoms with van der Waals surface area (Å²) in [6.45, 7) is 10.8. The first-order valence-corrected chi connectivity index (χ1v) is 21.3. The van der Waals surface area contributed by atoms with Crippen LogP contribution in [0.1, 0.15) is 86.5 Å². The van der Waals surface area contributed by atoms with E-state index in [0.717, 1.165) is 12.7 Å². The van der Waals surface area contributed by atoms with E-state index in [9.17, 15) is 30.0 Å². The maximum absolute atomic E-state index is 13.1. The molecule has 4 rings (SSSR count). The van der Waals surface area contributed by atoms with Crippen molar-refractivity contribution in [1.82, 2.24) is 9.80 Å². The van der Waals surface area contributed by atoms with Crippen molar-refractivity contribution in [2.75, 3.05) is 35.3 Å². The minimum absolute atomic E-state index is 0.00885. The molecule has 4 aliphatic heterocycles. The van der Waals surface area contributed by atoms with Crippen LogP contribution in [-0.4, -0.2) is 181 Å². The second kappa shape index (κ2) is 22.5. The number of cyclic esters (lactones) is 1. The molecule has 4 heterocycles. The van der Waals surface area contributed by atoms with Gasteiger partial charge in [0.15, 0.2) is 18.9 Å². The Labute approximate surface area is 351 Å². The van der Waals surface area contributed by atoms with E-state index in [-0.39, 0.29) is 30.9 Å². The van der Waals surface area contributed by atoms with E-state index < -0.39 is 110 Å². The Balaban J connectivity index is 1.66. The molecular formula is C43H74N2O14. The minimum atomic E-state index is -1.47. The highest BCUT2D eigenvalue weighted by molar-refractivity contribution is 5.70. The smallest absolute Gasteiger partial charge is 0.308 e. The largest absolute Gasteiger partial charge is 0.462 e. The normalized spacial score (nSPS) is 44.7. The number of aliphatic hydroxyl groups is 4. The Morgan fingerprint density at radius 1 is 0.864 bits per heavy atom. The zero-order valence-electron chi connectivity index (χ0n) is 37.0. The van der Waals surface area contributed by atoms with Gasteiger partial charge in [0.2, 0.25) is 0 Å². The summed E-state index contributed by atoms with van der Waals surface area (Å²) in [6.07, 6.45) is -1.56. The Bertz CT molecular complexity index is 1370. The second-order valence-electron chi connectivity index (χ2n) is 17.8. The molecule has 0 aliphatic carbocycles. The number of hydrogen-bond donors (Lipinski definition) is 4. The number of carbonyl (C=O) groups excluding carboxylic acids is 2. The van der Waals surface area contributed by atoms with Gasteiger partial charge >= 0.3 is 5.97 Å². The van der Waals surface area contributed by atoms with Crippen molar-refractivity contribution in [2.24, 2.45) is 11.8 Å². The monoisotopic (exact) mass is 843 g/mol. The number of aliphatic hydroxyl groups excluding tert-OH is 3. The predicted octanol–water partition coefficient (Wildman–Crippen LogP) is 2.33. The highest BCUT2D eigenvalue weighted by atomic mass is 16.7. The third kappa shape index (κ3) is 13.3. The van der Waals surface area contributed by atoms with Gasteiger partial charge in [-0.1, -0.05) is 31.2 Å². The van der Waals surface area contributed by atoms with E-state index >= 15 is 0 Å². The number of methoxy groups -OCH3 is 1. The molecule has 0 unspecified atom stereocenters. The van der Waals surface area contributed by atoms with Gasteiger partial charge in [-0.15, -0.1) is 0 Å². The van der Waals surface area contributed by atoms with Gasteiger partial charge in [0.25, 0.3) is 0 Å². The number of rotatable bonds is 11. The van der Waals surface area contributed by atoms with Crippen molar-refractivity contribution in [3.8, 4) is 0 Å². The molecule has 16 nitrogen and oxygen atoms in total. The molecule has 3 fully saturated rings. The van der Waals surface area contributed by atoms with Crippen molar-refractivity contribution in [3.05, 3.63) is 24.3 Å². The van der Waals surface area contributed by atoms with Gasteiger partial charge in [-0.3, -0.25) is 4.79 Å². The molecule has 0 aromatic rings. The summed E-state index contributed by atoms with van der Waals surface area (Å²) in [5.74, 6) is -1.47. The number of hydrogen-bond acceptors (Lipinski definition) is 16. The fourth-order valence-corrected chi connectivity index (χ4v) is 9.10. The van der Waals surface area contributed by atoms with Gasteiger partial charge in [-0.05, 0) is 93.9 Å². The van der Waals surface area contributed by atoms with Crippen LogP contribution >= 0.6 is 0 Å². The third-order valence-corrected chi connectivity index (χ3v) is 12.4. The Morgan fingerprint density at radius 2 is 1.56 bits per heavy atom. The Kier molecular flexibility index (Phi) is 18.9. The van der Waals surface area contributed by atoms with Gasteiger partial charge in [0.05, 0.1) is 54.7 Å². The maximum Gasteiger partial charge on any atom is 0.308 e. The van der Waals surface area contributed by atoms with Crippen LogP contribution in [0, 0.1) is 11.8 Å². The SMILES string of the molecule is CO[C@@H]1[C@@H](O[C@H]2O[C@@H](C)[C@H](O[C@H]3C[C@@](C)(O)[C@@H](O)[C@H](C)O3)[C@@H](N(C)C)[C@@H]2O)[C@@H](CC=O)C[C@@H](C)[C@@H](O[C@@H]2CC[C@H](N(C)C)[C@@H](C)O2)C=CC=CC[C@@H](C)OC(=O)C[C@H]1O. The molecule has 340 valence electrons. The summed E-state index contributed by atoms with van der Waals surface area (Å²) in [7, 11) is 9.03. The molecule has 0 saturated carbocycles. The fourth-order valence-electron chi connectivity index (χ4n) is 9.10. The number of carbonyl (C=O) groups is 2. The zero-order chi connectivity index (χ0) is 43.8. The van der Waals surface area contributed by atoms with Gasteiger partial charge in [-0.2, -0.15) is 0 Å². The first-order chi connectivity index (χ1) is 27.8. The van der Waals surface area contributed by atoms with Crippen molar-refractivity contribution in [1.29, 1.82) is 0 Å². The van der Waals surface area contributed by atoms with Crippen LogP contribution in [0.25, 0.3) is 0 Å². The lowest BCUT2D eigenvalue weighted by Crippen LogP contribution is -2.65. The minimum Gasteiger partial charge on any atom is -0.462 e. The molecule has 59 heavy (non-hydrogen) atoms. The zero-order valence-corrected chi connectivity index (χ0v) is 37.0. The van der Waals surface area contributed by atoms with Crippen molar-refractivity contribution in [3.63, 3.8) is 0 Å². The second-order valence-corrected chi connectivity index (χ2v) is 17.8. The predicted molar refractivity (Wildman–Crippen MR) is 217 cm³/mol. The lowest BCUT2D eigenvalue weighted by molar-refractivity contribution is -0.344. The highest BCUT2D eigenvalue weighted by Gasteiger charge is 2.52. The van der Waals surface area contributed by atoms with Crippen molar-refractivity contribution >= 4 is 12.3 Å². The van der Waals surface area contributed by atoms with Gasteiger partial charge in [0.1, 0.15) is 36.8 Å². The van der Waals surface area contributed by atoms with Crippen LogP contribution in [0.4, 0.5) is 0 Å². The molecule has 0 spiro atoms. The van der Waals surface area contributed by atoms with E-state index in [0.29, 0.717) is 19.3 Å². The van der Waals surface area contributed by atoms with E-state index in [1.165, 1.54) is 14.0 Å². The van der Waals surface area contributed by atoms with Gasteiger partial charge in [-0.25, -0.2) is 0 Å². The lowest BCUT2D eigenvalue weighted by atomic mass is 9.82. The fraction of sp³-hybridized carbons (Fsp3) is 0.860. The number of nitrogens with zero attached hydrogens (tertiary/aromatic N) is 2. The topological polar surface area (TPSA) is 195 Å². The van der Waals surface area contributed by atoms with Gasteiger partial charge < -0.3 is 72.9 Å². The summed E-state index contributed by atoms with van der Waals surface area (Å²) in [5, 5.41) is 45.1. The number of ether oxygens (including phenoxy) is 8. The summed E-state index contributed by atoms with van der Waals surface area (Å²) < 4.78 is 50.0. The average molecular weight is 843 g/mol. The number of allylic oxidation sites excluding steroid dienone is 2. The van der Waals surface area contributed by atoms with E-state index in [1.807, 2.05) is 52.2 Å². The molecule has 0 aromatic carbocycles. The van der Waals surface area contributed by atoms with E-state index in [4.69, 9.17) is 37.9 Å². The van der Waals surface area contributed by atoms with Crippen LogP contribution < -0.4 is 0 Å². The third-order valence-electron chi connectivity index (χ3n) is 12.4. The quantitative estimate of drug-likeness (QED) is 0.175. The number of aldehydes is 1. The summed E-state index contributed by atoms with van der Waals surface area (Å²) >= 11 is 0. The molecule has 0 bridgehead atoms. The molecular weight excluding hydrogens is 768 g/mol. The molecule has 3 saturated heterocycles. The Morgan fingerprint density at radius 3 is 2.17 bits per heavy atom. The molecule has 16 heteroatoms. The van der Waals surface area contributed by atoms with E-state index in [1.54, 1.807) is 39.8 Å². The van der Waals surface area contributed by atoms with Crippen LogP contribution in [0.15, 0.2) is 24.3 Å². The first kappa shape index (κ1) is 49.8. The van der Waals surface area contributed by atoms with Crippen molar-refractivity contribution in [2.45, 2.75) is 190 Å². The summed E-state index contributed by atoms with van der Waals surface area (Å²) in [4.78, 5) is 29.5. The van der Waals surface area contributed by atoms with E-state index in [2.05, 4.69) is 4.90 Å². The standard InChI is InChI=1S/C43H74N2O14/c1-24-21-29(19-20-46)39(59-42-37(49)36(45(9)10)38(27(4)56-42)58-35-23-43(6,51)41(50)28(5)55-35)40(52-11)31(47)22-33(48)53-25(2)15-13-12-14-16-32(24)57-34-18-17-30(44(7)8)26(3)54-34/h12-14,16,20,24-32,34-42,47,49-51H,15,17-19,21-23H2,1-11H3/t24-,25-,26-,27+,28+,29+,30+,31-,32+,34-,35+,36+,37+,38+,39+,40+,41+,42-,43-/m1/s1. The maximum atomic E-state index is 13.1. The molecule has 0 amide bonds. The van der Waals surface area contributed by atoms with Crippen LogP contribution in [-0.2, 0) is 47.5 Å². The molecule has 0 aromatic heterocycles. The average Bonchev–Trinajstić information content (AvgIpc) is 3.13. The van der Waals surface area contributed by atoms with Crippen LogP contribution in [0.2, 0.25) is 0 Å². The molecule has 0 radical (unpaired) electrons. The highest BCUT2D eigenvalue weighted by Crippen LogP contribution is 2.37. The van der Waals surface area contributed by atoms with Crippen molar-refractivity contribution < 1.29 is 67.9 Å². The summed E-state index contributed by atoms with van der Waals surface area (Å²) in [5.41, 5.74) is -1.47. The lowest BCUT2D eigenvalue weighted by Gasteiger charge is -2.50.